The number of benzene rings is 2. The molecular formula is C21H23N3O3. The van der Waals surface area contributed by atoms with Crippen molar-refractivity contribution in [3.8, 4) is 28.6 Å². The van der Waals surface area contributed by atoms with E-state index in [0.717, 1.165) is 35.4 Å². The SMILES string of the molecule is CCC(CC)C(=O)Nc1ccc(-c2nc(-c3cccc(OC)c3)no2)cc1. The number of methoxy groups -OCH3 is 1. The smallest absolute Gasteiger partial charge is 0.258 e. The molecule has 1 amide bonds. The molecule has 6 nitrogen and oxygen atoms in total. The molecule has 0 saturated carbocycles. The van der Waals surface area contributed by atoms with Crippen LogP contribution >= 0.6 is 0 Å². The second-order valence-corrected chi connectivity index (χ2v) is 6.24. The molecule has 0 atom stereocenters. The zero-order chi connectivity index (χ0) is 19.2. The molecule has 0 saturated heterocycles. The third-order valence-electron chi connectivity index (χ3n) is 4.51. The van der Waals surface area contributed by atoms with Gasteiger partial charge in [-0.25, -0.2) is 0 Å². The first-order chi connectivity index (χ1) is 13.1. The summed E-state index contributed by atoms with van der Waals surface area (Å²) in [6, 6.07) is 14.9. The predicted molar refractivity (Wildman–Crippen MR) is 104 cm³/mol. The van der Waals surface area contributed by atoms with Crippen molar-refractivity contribution in [2.75, 3.05) is 12.4 Å². The van der Waals surface area contributed by atoms with Gasteiger partial charge in [0.1, 0.15) is 5.75 Å². The Hall–Kier alpha value is -3.15. The highest BCUT2D eigenvalue weighted by Gasteiger charge is 2.15. The van der Waals surface area contributed by atoms with Crippen LogP contribution in [0.25, 0.3) is 22.8 Å². The molecule has 0 bridgehead atoms. The number of hydrogen-bond acceptors (Lipinski definition) is 5. The largest absolute Gasteiger partial charge is 0.497 e. The molecule has 0 fully saturated rings. The van der Waals surface area contributed by atoms with Gasteiger partial charge in [0.2, 0.25) is 11.7 Å². The Bertz CT molecular complexity index is 899. The summed E-state index contributed by atoms with van der Waals surface area (Å²) < 4.78 is 10.6. The second-order valence-electron chi connectivity index (χ2n) is 6.24. The molecule has 3 aromatic rings. The number of ether oxygens (including phenoxy) is 1. The summed E-state index contributed by atoms with van der Waals surface area (Å²) in [6.07, 6.45) is 1.66. The van der Waals surface area contributed by atoms with Crippen LogP contribution in [0, 0.1) is 5.92 Å². The Morgan fingerprint density at radius 3 is 2.52 bits per heavy atom. The topological polar surface area (TPSA) is 77.2 Å². The molecule has 0 radical (unpaired) electrons. The van der Waals surface area contributed by atoms with Gasteiger partial charge in [-0.1, -0.05) is 31.1 Å². The minimum Gasteiger partial charge on any atom is -0.497 e. The average molecular weight is 365 g/mol. The van der Waals surface area contributed by atoms with Crippen LogP contribution in [0.3, 0.4) is 0 Å². The minimum atomic E-state index is 0.0334. The van der Waals surface area contributed by atoms with E-state index < -0.39 is 0 Å². The van der Waals surface area contributed by atoms with Crippen molar-refractivity contribution in [2.24, 2.45) is 5.92 Å². The molecule has 0 aliphatic carbocycles. The third-order valence-corrected chi connectivity index (χ3v) is 4.51. The van der Waals surface area contributed by atoms with Crippen molar-refractivity contribution in [3.05, 3.63) is 48.5 Å². The molecule has 1 N–H and O–H groups in total. The number of nitrogens with zero attached hydrogens (tertiary/aromatic N) is 2. The van der Waals surface area contributed by atoms with Crippen LogP contribution in [0.2, 0.25) is 0 Å². The first kappa shape index (κ1) is 18.6. The fraction of sp³-hybridized carbons (Fsp3) is 0.286. The van der Waals surface area contributed by atoms with E-state index in [2.05, 4.69) is 15.5 Å². The Morgan fingerprint density at radius 2 is 1.85 bits per heavy atom. The van der Waals surface area contributed by atoms with Gasteiger partial charge in [-0.15, -0.1) is 0 Å². The Balaban J connectivity index is 1.74. The predicted octanol–water partition coefficient (Wildman–Crippen LogP) is 4.79. The van der Waals surface area contributed by atoms with Crippen molar-refractivity contribution < 1.29 is 14.1 Å². The number of aromatic nitrogens is 2. The van der Waals surface area contributed by atoms with Crippen LogP contribution in [0.15, 0.2) is 53.1 Å². The van der Waals surface area contributed by atoms with E-state index >= 15 is 0 Å². The standard InChI is InChI=1S/C21H23N3O3/c1-4-14(5-2)20(25)22-17-11-9-15(10-12-17)21-23-19(24-27-21)16-7-6-8-18(13-16)26-3/h6-14H,4-5H2,1-3H3,(H,22,25). The van der Waals surface area contributed by atoms with E-state index in [9.17, 15) is 4.79 Å². The van der Waals surface area contributed by atoms with E-state index in [1.54, 1.807) is 7.11 Å². The van der Waals surface area contributed by atoms with Crippen LogP contribution < -0.4 is 10.1 Å². The minimum absolute atomic E-state index is 0.0334. The Labute approximate surface area is 158 Å². The van der Waals surface area contributed by atoms with Crippen LogP contribution in [-0.4, -0.2) is 23.2 Å². The van der Waals surface area contributed by atoms with Crippen LogP contribution in [0.5, 0.6) is 5.75 Å². The van der Waals surface area contributed by atoms with Crippen molar-refractivity contribution in [2.45, 2.75) is 26.7 Å². The van der Waals surface area contributed by atoms with Crippen molar-refractivity contribution in [1.82, 2.24) is 10.1 Å². The molecule has 0 aliphatic heterocycles. The summed E-state index contributed by atoms with van der Waals surface area (Å²) in [4.78, 5) is 16.6. The molecule has 0 spiro atoms. The maximum absolute atomic E-state index is 12.2. The number of hydrogen-bond donors (Lipinski definition) is 1. The van der Waals surface area contributed by atoms with Crippen LogP contribution in [-0.2, 0) is 4.79 Å². The second kappa shape index (κ2) is 8.49. The molecule has 1 heterocycles. The van der Waals surface area contributed by atoms with Gasteiger partial charge in [0, 0.05) is 22.7 Å². The molecule has 2 aromatic carbocycles. The lowest BCUT2D eigenvalue weighted by Gasteiger charge is -2.12. The highest BCUT2D eigenvalue weighted by Crippen LogP contribution is 2.25. The third kappa shape index (κ3) is 4.34. The van der Waals surface area contributed by atoms with E-state index in [1.807, 2.05) is 62.4 Å². The van der Waals surface area contributed by atoms with Gasteiger partial charge in [0.05, 0.1) is 7.11 Å². The number of nitrogens with one attached hydrogen (secondary N) is 1. The number of carbonyl (C=O) groups is 1. The fourth-order valence-corrected chi connectivity index (χ4v) is 2.82. The number of amides is 1. The van der Waals surface area contributed by atoms with Crippen molar-refractivity contribution >= 4 is 11.6 Å². The maximum Gasteiger partial charge on any atom is 0.258 e. The normalized spacial score (nSPS) is 10.8. The quantitative estimate of drug-likeness (QED) is 0.651. The van der Waals surface area contributed by atoms with Gasteiger partial charge in [0.15, 0.2) is 0 Å². The Kier molecular flexibility index (Phi) is 5.86. The monoisotopic (exact) mass is 365 g/mol. The number of rotatable bonds is 7. The molecule has 27 heavy (non-hydrogen) atoms. The highest BCUT2D eigenvalue weighted by atomic mass is 16.5. The molecule has 6 heteroatoms. The summed E-state index contributed by atoms with van der Waals surface area (Å²) in [6.45, 7) is 4.04. The highest BCUT2D eigenvalue weighted by molar-refractivity contribution is 5.92. The summed E-state index contributed by atoms with van der Waals surface area (Å²) in [7, 11) is 1.62. The zero-order valence-corrected chi connectivity index (χ0v) is 15.7. The van der Waals surface area contributed by atoms with Crippen molar-refractivity contribution in [3.63, 3.8) is 0 Å². The van der Waals surface area contributed by atoms with E-state index in [1.165, 1.54) is 0 Å². The van der Waals surface area contributed by atoms with Crippen molar-refractivity contribution in [1.29, 1.82) is 0 Å². The molecule has 0 unspecified atom stereocenters. The van der Waals surface area contributed by atoms with Crippen LogP contribution in [0.4, 0.5) is 5.69 Å². The van der Waals surface area contributed by atoms with Crippen LogP contribution in [0.1, 0.15) is 26.7 Å². The lowest BCUT2D eigenvalue weighted by atomic mass is 10.0. The molecule has 1 aromatic heterocycles. The van der Waals surface area contributed by atoms with Gasteiger partial charge in [-0.2, -0.15) is 4.98 Å². The summed E-state index contributed by atoms with van der Waals surface area (Å²) >= 11 is 0. The molecule has 140 valence electrons. The van der Waals surface area contributed by atoms with Gasteiger partial charge >= 0.3 is 0 Å². The molecule has 0 aliphatic rings. The van der Waals surface area contributed by atoms with E-state index in [-0.39, 0.29) is 11.8 Å². The van der Waals surface area contributed by atoms with E-state index in [0.29, 0.717) is 11.7 Å². The lowest BCUT2D eigenvalue weighted by Crippen LogP contribution is -2.21. The van der Waals surface area contributed by atoms with E-state index in [4.69, 9.17) is 9.26 Å². The average Bonchev–Trinajstić information content (AvgIpc) is 3.20. The molecule has 3 rings (SSSR count). The van der Waals surface area contributed by atoms with Gasteiger partial charge < -0.3 is 14.6 Å². The summed E-state index contributed by atoms with van der Waals surface area (Å²) in [5.41, 5.74) is 2.36. The van der Waals surface area contributed by atoms with Gasteiger partial charge in [0.25, 0.3) is 5.89 Å². The summed E-state index contributed by atoms with van der Waals surface area (Å²) in [5, 5.41) is 6.99. The van der Waals surface area contributed by atoms with Gasteiger partial charge in [-0.3, -0.25) is 4.79 Å². The summed E-state index contributed by atoms with van der Waals surface area (Å²) in [5.74, 6) is 1.73. The number of anilines is 1. The fourth-order valence-electron chi connectivity index (χ4n) is 2.82. The lowest BCUT2D eigenvalue weighted by molar-refractivity contribution is -0.120. The number of carbonyl (C=O) groups excluding carboxylic acids is 1. The Morgan fingerprint density at radius 1 is 1.11 bits per heavy atom. The first-order valence-corrected chi connectivity index (χ1v) is 9.04. The maximum atomic E-state index is 12.2. The zero-order valence-electron chi connectivity index (χ0n) is 15.7. The molecular weight excluding hydrogens is 342 g/mol. The first-order valence-electron chi connectivity index (χ1n) is 9.04. The van der Waals surface area contributed by atoms with Gasteiger partial charge in [-0.05, 0) is 49.2 Å².